The molecule has 0 amide bonds. The Morgan fingerprint density at radius 2 is 0.875 bits per heavy atom. The molecule has 0 N–H and O–H groups in total. The normalized spacial score (nSPS) is 14.2. The summed E-state index contributed by atoms with van der Waals surface area (Å²) < 4.78 is 0. The molecule has 0 aliphatic rings. The van der Waals surface area contributed by atoms with E-state index < -0.39 is 10.3 Å². The van der Waals surface area contributed by atoms with Gasteiger partial charge < -0.3 is 0 Å². The molecule has 0 fully saturated rings. The third kappa shape index (κ3) is 3.25. The molecular weight excluding hydrogens is 359 g/mol. The van der Waals surface area contributed by atoms with Gasteiger partial charge in [-0.1, -0.05) is 0 Å². The molecule has 48 valence electrons. The zero-order valence-corrected chi connectivity index (χ0v) is 12.5. The Kier molecular flexibility index (Phi) is 3.69. The molecule has 0 saturated carbocycles. The second-order valence-electron chi connectivity index (χ2n) is 3.02. The van der Waals surface area contributed by atoms with Crippen molar-refractivity contribution < 1.29 is 0 Å². The van der Waals surface area contributed by atoms with E-state index in [1.165, 1.54) is 0 Å². The summed E-state index contributed by atoms with van der Waals surface area (Å²) in [6, 6.07) is 0. The third-order valence-electron chi connectivity index (χ3n) is 1.45. The van der Waals surface area contributed by atoms with Gasteiger partial charge in [0.2, 0.25) is 0 Å². The van der Waals surface area contributed by atoms with E-state index in [9.17, 15) is 0 Å². The molecule has 0 heterocycles. The van der Waals surface area contributed by atoms with E-state index in [0.717, 1.165) is 0 Å². The van der Waals surface area contributed by atoms with E-state index in [2.05, 4.69) is 69.2 Å². The standard InChI is InChI=1S/C4H12Si2Te2/c1-5(2,7)6(3,4)8/h1-4H3. The van der Waals surface area contributed by atoms with Crippen LogP contribution in [-0.2, 0) is 0 Å². The molecule has 0 aromatic rings. The van der Waals surface area contributed by atoms with Crippen LogP contribution in [0.4, 0.5) is 0 Å². The summed E-state index contributed by atoms with van der Waals surface area (Å²) in [5.41, 5.74) is 0. The molecule has 0 bridgehead atoms. The fourth-order valence-electron chi connectivity index (χ4n) is 0. The van der Waals surface area contributed by atoms with E-state index in [0.29, 0.717) is 0 Å². The fraction of sp³-hybridized carbons (Fsp3) is 1.00. The van der Waals surface area contributed by atoms with Gasteiger partial charge >= 0.3 is 79.5 Å². The quantitative estimate of drug-likeness (QED) is 0.599. The van der Waals surface area contributed by atoms with Crippen LogP contribution in [0.2, 0.25) is 26.2 Å². The summed E-state index contributed by atoms with van der Waals surface area (Å²) in [5.74, 6) is 0. The van der Waals surface area contributed by atoms with Crippen molar-refractivity contribution in [3.63, 3.8) is 0 Å². The van der Waals surface area contributed by atoms with Crippen LogP contribution in [0.15, 0.2) is 0 Å². The van der Waals surface area contributed by atoms with Gasteiger partial charge in [0.15, 0.2) is 0 Å². The van der Waals surface area contributed by atoms with Crippen LogP contribution in [0.25, 0.3) is 0 Å². The molecule has 4 heteroatoms. The minimum atomic E-state index is -0.705. The van der Waals surface area contributed by atoms with Gasteiger partial charge in [0.05, 0.1) is 0 Å². The van der Waals surface area contributed by atoms with Gasteiger partial charge in [0.25, 0.3) is 0 Å². The molecule has 8 heavy (non-hydrogen) atoms. The van der Waals surface area contributed by atoms with Crippen molar-refractivity contribution in [2.45, 2.75) is 26.2 Å². The van der Waals surface area contributed by atoms with Crippen molar-refractivity contribution in [1.82, 2.24) is 0 Å². The Hall–Kier alpha value is 2.01. The average Bonchev–Trinajstić information content (AvgIpc) is 1.25. The van der Waals surface area contributed by atoms with Crippen LogP contribution in [-0.4, -0.2) is 53.3 Å². The molecule has 0 rings (SSSR count). The first-order valence-corrected chi connectivity index (χ1v) is 16.5. The van der Waals surface area contributed by atoms with Crippen LogP contribution in [0.3, 0.4) is 0 Å². The van der Waals surface area contributed by atoms with Gasteiger partial charge in [-0.25, -0.2) is 0 Å². The molecule has 2 radical (unpaired) electrons. The van der Waals surface area contributed by atoms with E-state index in [1.807, 2.05) is 0 Å². The Bertz CT molecular complexity index is 67.0. The van der Waals surface area contributed by atoms with E-state index in [1.54, 1.807) is 0 Å². The first-order chi connectivity index (χ1) is 3.25. The third-order valence-corrected chi connectivity index (χ3v) is 50.5. The second kappa shape index (κ2) is 2.95. The molecule has 0 aliphatic heterocycles. The van der Waals surface area contributed by atoms with Crippen LogP contribution in [0, 0.1) is 0 Å². The fourth-order valence-corrected chi connectivity index (χ4v) is 0. The molecule has 0 saturated heterocycles. The number of hydrogen-bond acceptors (Lipinski definition) is 0. The molecule has 0 aromatic carbocycles. The Balaban J connectivity index is 4.02. The zero-order valence-electron chi connectivity index (χ0n) is 5.82. The van der Waals surface area contributed by atoms with Gasteiger partial charge in [0, 0.05) is 0 Å². The Labute approximate surface area is 78.6 Å². The number of rotatable bonds is 1. The van der Waals surface area contributed by atoms with Gasteiger partial charge in [-0.2, -0.15) is 0 Å². The summed E-state index contributed by atoms with van der Waals surface area (Å²) in [5, 5.41) is -1.41. The van der Waals surface area contributed by atoms with Crippen molar-refractivity contribution >= 4 is 53.3 Å². The first-order valence-electron chi connectivity index (χ1n) is 2.66. The van der Waals surface area contributed by atoms with E-state index >= 15 is 0 Å². The molecule has 0 unspecified atom stereocenters. The van der Waals surface area contributed by atoms with Crippen molar-refractivity contribution in [2.24, 2.45) is 0 Å². The van der Waals surface area contributed by atoms with Crippen LogP contribution in [0.5, 0.6) is 0 Å². The van der Waals surface area contributed by atoms with Crippen molar-refractivity contribution in [2.75, 3.05) is 0 Å². The van der Waals surface area contributed by atoms with Gasteiger partial charge in [-0.05, 0) is 0 Å². The Morgan fingerprint density at radius 3 is 0.875 bits per heavy atom. The molecule has 0 aliphatic carbocycles. The van der Waals surface area contributed by atoms with Crippen molar-refractivity contribution in [3.8, 4) is 0 Å². The van der Waals surface area contributed by atoms with Gasteiger partial charge in [-0.3, -0.25) is 0 Å². The zero-order chi connectivity index (χ0) is 7.00. The van der Waals surface area contributed by atoms with Crippen molar-refractivity contribution in [3.05, 3.63) is 0 Å². The number of hydrogen-bond donors (Lipinski definition) is 0. The Morgan fingerprint density at radius 1 is 0.750 bits per heavy atom. The molecule has 0 aromatic heterocycles. The summed E-state index contributed by atoms with van der Waals surface area (Å²) in [6.07, 6.45) is 0. The van der Waals surface area contributed by atoms with Crippen LogP contribution in [0.1, 0.15) is 0 Å². The summed E-state index contributed by atoms with van der Waals surface area (Å²) in [7, 11) is 0. The van der Waals surface area contributed by atoms with Crippen LogP contribution >= 0.6 is 0 Å². The topological polar surface area (TPSA) is 0 Å². The minimum absolute atomic E-state index is 0.705. The summed E-state index contributed by atoms with van der Waals surface area (Å²) in [6.45, 7) is 9.91. The predicted molar refractivity (Wildman–Crippen MR) is 46.5 cm³/mol. The second-order valence-corrected chi connectivity index (χ2v) is 40.8. The van der Waals surface area contributed by atoms with E-state index in [4.69, 9.17) is 0 Å². The van der Waals surface area contributed by atoms with Gasteiger partial charge in [0.1, 0.15) is 0 Å². The SMILES string of the molecule is C[Si](C)([Te])[Si](C)(C)[Te]. The van der Waals surface area contributed by atoms with Crippen molar-refractivity contribution in [1.29, 1.82) is 0 Å². The van der Waals surface area contributed by atoms with E-state index in [-0.39, 0.29) is 0 Å². The predicted octanol–water partition coefficient (Wildman–Crippen LogP) is 0.812. The molecular formula is C4H12Si2Te2. The summed E-state index contributed by atoms with van der Waals surface area (Å²) in [4.78, 5) is 0. The van der Waals surface area contributed by atoms with Gasteiger partial charge in [-0.15, -0.1) is 0 Å². The van der Waals surface area contributed by atoms with Crippen LogP contribution < -0.4 is 0 Å². The molecule has 0 spiro atoms. The monoisotopic (exact) mass is 376 g/mol. The maximum atomic E-state index is 2.48. The maximum absolute atomic E-state index is 2.48. The summed E-state index contributed by atoms with van der Waals surface area (Å²) >= 11 is 4.81. The first kappa shape index (κ1) is 10.0. The molecule has 0 nitrogen and oxygen atoms in total. The molecule has 0 atom stereocenters. The average molecular weight is 372 g/mol.